The van der Waals surface area contributed by atoms with Gasteiger partial charge in [0.2, 0.25) is 11.8 Å². The number of hydrogen-bond donors (Lipinski definition) is 1. The number of benzene rings is 2. The molecule has 0 saturated heterocycles. The first-order valence-electron chi connectivity index (χ1n) is 7.62. The molecule has 0 aliphatic carbocycles. The zero-order valence-corrected chi connectivity index (χ0v) is 15.8. The summed E-state index contributed by atoms with van der Waals surface area (Å²) < 4.78 is 6.23. The van der Waals surface area contributed by atoms with Crippen molar-refractivity contribution in [2.24, 2.45) is 0 Å². The largest absolute Gasteiger partial charge is 0.339 e. The second-order valence-electron chi connectivity index (χ2n) is 5.54. The van der Waals surface area contributed by atoms with Crippen molar-refractivity contribution < 1.29 is 9.32 Å². The Balaban J connectivity index is 1.61. The number of anilines is 1. The third kappa shape index (κ3) is 4.67. The topological polar surface area (TPSA) is 68.0 Å². The highest BCUT2D eigenvalue weighted by molar-refractivity contribution is 9.10. The number of halogens is 2. The molecule has 0 unspecified atom stereocenters. The van der Waals surface area contributed by atoms with Gasteiger partial charge in [0, 0.05) is 15.2 Å². The predicted molar refractivity (Wildman–Crippen MR) is 99.8 cm³/mol. The summed E-state index contributed by atoms with van der Waals surface area (Å²) in [4.78, 5) is 16.4. The molecule has 0 spiro atoms. The zero-order valence-electron chi connectivity index (χ0n) is 13.4. The fourth-order valence-corrected chi connectivity index (χ4v) is 2.73. The third-order valence-corrected chi connectivity index (χ3v) is 4.58. The zero-order chi connectivity index (χ0) is 17.8. The van der Waals surface area contributed by atoms with Crippen LogP contribution in [-0.2, 0) is 17.6 Å². The van der Waals surface area contributed by atoms with E-state index in [1.54, 1.807) is 18.2 Å². The van der Waals surface area contributed by atoms with Gasteiger partial charge in [-0.15, -0.1) is 0 Å². The van der Waals surface area contributed by atoms with E-state index in [4.69, 9.17) is 16.1 Å². The molecule has 0 atom stereocenters. The van der Waals surface area contributed by atoms with Crippen molar-refractivity contribution in [3.63, 3.8) is 0 Å². The van der Waals surface area contributed by atoms with E-state index in [1.807, 2.05) is 31.2 Å². The van der Waals surface area contributed by atoms with E-state index < -0.39 is 0 Å². The maximum absolute atomic E-state index is 12.2. The average molecular weight is 421 g/mol. The highest BCUT2D eigenvalue weighted by Gasteiger charge is 2.13. The standard InChI is InChI=1S/C18H15BrClN3O2/c1-11-14(20)3-2-4-15(11)21-17(24)10-16-22-18(25-23-16)9-12-5-7-13(19)8-6-12/h2-8H,9-10H2,1H3,(H,21,24). The summed E-state index contributed by atoms with van der Waals surface area (Å²) in [7, 11) is 0. The number of nitrogens with one attached hydrogen (secondary N) is 1. The summed E-state index contributed by atoms with van der Waals surface area (Å²) in [5.41, 5.74) is 2.55. The van der Waals surface area contributed by atoms with Crippen molar-refractivity contribution >= 4 is 39.1 Å². The fraction of sp³-hybridized carbons (Fsp3) is 0.167. The van der Waals surface area contributed by atoms with Crippen LogP contribution in [0.25, 0.3) is 0 Å². The number of nitrogens with zero attached hydrogens (tertiary/aromatic N) is 2. The SMILES string of the molecule is Cc1c(Cl)cccc1NC(=O)Cc1noc(Cc2ccc(Br)cc2)n1. The van der Waals surface area contributed by atoms with Crippen molar-refractivity contribution in [2.75, 3.05) is 5.32 Å². The lowest BCUT2D eigenvalue weighted by Gasteiger charge is -2.08. The normalized spacial score (nSPS) is 10.7. The summed E-state index contributed by atoms with van der Waals surface area (Å²) in [5, 5.41) is 7.29. The second-order valence-corrected chi connectivity index (χ2v) is 6.87. The Kier molecular flexibility index (Phi) is 5.50. The quantitative estimate of drug-likeness (QED) is 0.657. The number of aromatic nitrogens is 2. The number of carbonyl (C=O) groups excluding carboxylic acids is 1. The highest BCUT2D eigenvalue weighted by Crippen LogP contribution is 2.23. The second kappa shape index (κ2) is 7.80. The number of carbonyl (C=O) groups is 1. The van der Waals surface area contributed by atoms with E-state index in [1.165, 1.54) is 0 Å². The van der Waals surface area contributed by atoms with E-state index >= 15 is 0 Å². The lowest BCUT2D eigenvalue weighted by molar-refractivity contribution is -0.115. The van der Waals surface area contributed by atoms with Crippen LogP contribution >= 0.6 is 27.5 Å². The van der Waals surface area contributed by atoms with E-state index in [2.05, 4.69) is 31.4 Å². The van der Waals surface area contributed by atoms with Gasteiger partial charge in [-0.3, -0.25) is 4.79 Å². The van der Waals surface area contributed by atoms with E-state index in [-0.39, 0.29) is 12.3 Å². The molecule has 3 rings (SSSR count). The molecule has 2 aromatic carbocycles. The van der Waals surface area contributed by atoms with Crippen molar-refractivity contribution in [2.45, 2.75) is 19.8 Å². The molecule has 5 nitrogen and oxygen atoms in total. The van der Waals surface area contributed by atoms with Gasteiger partial charge in [-0.05, 0) is 42.3 Å². The van der Waals surface area contributed by atoms with Gasteiger partial charge in [0.15, 0.2) is 5.82 Å². The van der Waals surface area contributed by atoms with Crippen molar-refractivity contribution in [1.82, 2.24) is 10.1 Å². The van der Waals surface area contributed by atoms with Gasteiger partial charge in [0.1, 0.15) is 0 Å². The van der Waals surface area contributed by atoms with Crippen molar-refractivity contribution in [3.05, 3.63) is 74.8 Å². The molecule has 1 aromatic heterocycles. The monoisotopic (exact) mass is 419 g/mol. The molecule has 0 radical (unpaired) electrons. The first-order chi connectivity index (χ1) is 12.0. The molecule has 0 aliphatic heterocycles. The molecule has 128 valence electrons. The molecule has 1 heterocycles. The molecule has 0 saturated carbocycles. The van der Waals surface area contributed by atoms with Crippen LogP contribution in [0.2, 0.25) is 5.02 Å². The molecule has 1 N–H and O–H groups in total. The lowest BCUT2D eigenvalue weighted by atomic mass is 10.1. The van der Waals surface area contributed by atoms with Gasteiger partial charge < -0.3 is 9.84 Å². The number of rotatable bonds is 5. The van der Waals surface area contributed by atoms with Crippen LogP contribution in [0.5, 0.6) is 0 Å². The van der Waals surface area contributed by atoms with Gasteiger partial charge in [-0.25, -0.2) is 0 Å². The van der Waals surface area contributed by atoms with Gasteiger partial charge in [0.25, 0.3) is 0 Å². The Hall–Kier alpha value is -2.18. The van der Waals surface area contributed by atoms with Crippen LogP contribution in [0.4, 0.5) is 5.69 Å². The fourth-order valence-electron chi connectivity index (χ4n) is 2.29. The molecule has 0 fully saturated rings. The maximum atomic E-state index is 12.2. The lowest BCUT2D eigenvalue weighted by Crippen LogP contribution is -2.16. The summed E-state index contributed by atoms with van der Waals surface area (Å²) in [6.45, 7) is 1.85. The third-order valence-electron chi connectivity index (χ3n) is 3.64. The molecule has 0 bridgehead atoms. The number of hydrogen-bond acceptors (Lipinski definition) is 4. The molecule has 0 aliphatic rings. The van der Waals surface area contributed by atoms with E-state index in [0.717, 1.165) is 15.6 Å². The van der Waals surface area contributed by atoms with Gasteiger partial charge in [0.05, 0.1) is 12.8 Å². The molecular weight excluding hydrogens is 406 g/mol. The summed E-state index contributed by atoms with van der Waals surface area (Å²) in [5.74, 6) is 0.606. The molecule has 25 heavy (non-hydrogen) atoms. The van der Waals surface area contributed by atoms with Gasteiger partial charge in [-0.1, -0.05) is 50.9 Å². The van der Waals surface area contributed by atoms with Crippen LogP contribution in [0.15, 0.2) is 51.5 Å². The summed E-state index contributed by atoms with van der Waals surface area (Å²) in [6.07, 6.45) is 0.561. The Labute approximate surface area is 158 Å². The first-order valence-corrected chi connectivity index (χ1v) is 8.79. The Bertz CT molecular complexity index is 894. The highest BCUT2D eigenvalue weighted by atomic mass is 79.9. The Morgan fingerprint density at radius 1 is 1.24 bits per heavy atom. The minimum Gasteiger partial charge on any atom is -0.339 e. The minimum atomic E-state index is -0.221. The molecule has 7 heteroatoms. The molecular formula is C18H15BrClN3O2. The average Bonchev–Trinajstić information content (AvgIpc) is 3.01. The molecule has 3 aromatic rings. The Morgan fingerprint density at radius 2 is 2.00 bits per heavy atom. The van der Waals surface area contributed by atoms with E-state index in [9.17, 15) is 4.79 Å². The van der Waals surface area contributed by atoms with Crippen LogP contribution < -0.4 is 5.32 Å². The van der Waals surface area contributed by atoms with Gasteiger partial charge >= 0.3 is 0 Å². The summed E-state index contributed by atoms with van der Waals surface area (Å²) >= 11 is 9.45. The first kappa shape index (κ1) is 17.6. The molecule has 1 amide bonds. The van der Waals surface area contributed by atoms with Crippen molar-refractivity contribution in [3.8, 4) is 0 Å². The maximum Gasteiger partial charge on any atom is 0.232 e. The van der Waals surface area contributed by atoms with E-state index in [0.29, 0.717) is 28.8 Å². The van der Waals surface area contributed by atoms with Crippen LogP contribution in [0.3, 0.4) is 0 Å². The van der Waals surface area contributed by atoms with Crippen LogP contribution in [0, 0.1) is 6.92 Å². The van der Waals surface area contributed by atoms with Crippen LogP contribution in [0.1, 0.15) is 22.8 Å². The smallest absolute Gasteiger partial charge is 0.232 e. The number of amides is 1. The van der Waals surface area contributed by atoms with Crippen LogP contribution in [-0.4, -0.2) is 16.0 Å². The minimum absolute atomic E-state index is 0.0375. The predicted octanol–water partition coefficient (Wildman–Crippen LogP) is 4.57. The summed E-state index contributed by atoms with van der Waals surface area (Å²) in [6, 6.07) is 13.2. The van der Waals surface area contributed by atoms with Crippen molar-refractivity contribution in [1.29, 1.82) is 0 Å². The Morgan fingerprint density at radius 3 is 2.76 bits per heavy atom. The van der Waals surface area contributed by atoms with Gasteiger partial charge in [-0.2, -0.15) is 4.98 Å².